The molecule has 0 aromatic heterocycles. The van der Waals surface area contributed by atoms with Crippen LogP contribution in [0.15, 0.2) is 52.3 Å². The summed E-state index contributed by atoms with van der Waals surface area (Å²) in [5, 5.41) is 9.43. The monoisotopic (exact) mass is 344 g/mol. The fourth-order valence-electron chi connectivity index (χ4n) is 3.11. The summed E-state index contributed by atoms with van der Waals surface area (Å²) in [7, 11) is -1.82. The van der Waals surface area contributed by atoms with Crippen LogP contribution < -0.4 is 0 Å². The zero-order valence-electron chi connectivity index (χ0n) is 13.2. The van der Waals surface area contributed by atoms with Crippen LogP contribution >= 0.6 is 0 Å². The topological polar surface area (TPSA) is 61.2 Å². The average Bonchev–Trinajstić information content (AvgIpc) is 3.00. The Morgan fingerprint density at radius 3 is 2.58 bits per heavy atom. The summed E-state index contributed by atoms with van der Waals surface area (Å²) in [5.41, 5.74) is 1.24. The Labute approximate surface area is 141 Å². The first kappa shape index (κ1) is 16.6. The molecule has 0 saturated carbocycles. The predicted octanol–water partition coefficient (Wildman–Crippen LogP) is 2.95. The largest absolute Gasteiger partial charge is 0.306 e. The first-order chi connectivity index (χ1) is 11.4. The molecule has 3 rings (SSSR count). The van der Waals surface area contributed by atoms with Gasteiger partial charge in [-0.3, -0.25) is 0 Å². The quantitative estimate of drug-likeness (QED) is 0.859. The van der Waals surface area contributed by atoms with Gasteiger partial charge in [-0.25, -0.2) is 12.8 Å². The maximum absolute atomic E-state index is 13.3. The Kier molecular flexibility index (Phi) is 4.39. The Morgan fingerprint density at radius 2 is 1.96 bits per heavy atom. The van der Waals surface area contributed by atoms with Crippen molar-refractivity contribution in [2.24, 2.45) is 0 Å². The van der Waals surface area contributed by atoms with Crippen LogP contribution in [-0.2, 0) is 9.84 Å². The number of halogens is 1. The van der Waals surface area contributed by atoms with E-state index in [1.165, 1.54) is 30.3 Å². The minimum Gasteiger partial charge on any atom is -0.306 e. The van der Waals surface area contributed by atoms with Crippen molar-refractivity contribution in [3.8, 4) is 6.07 Å². The standard InChI is InChI=1S/C18H17FN2O2S/c1-21-8-7-13(12-21)18-6-5-17(9-14(18)11-20)24(22,23)16-4-2-3-15(19)10-16/h2-6,9-10,13H,7-8,12H2,1H3/t13-/m1/s1. The van der Waals surface area contributed by atoms with Crippen molar-refractivity contribution >= 4 is 9.84 Å². The van der Waals surface area contributed by atoms with Gasteiger partial charge in [0.15, 0.2) is 0 Å². The molecule has 2 aromatic carbocycles. The van der Waals surface area contributed by atoms with Crippen LogP contribution in [0.5, 0.6) is 0 Å². The van der Waals surface area contributed by atoms with E-state index in [1.54, 1.807) is 6.07 Å². The van der Waals surface area contributed by atoms with Gasteiger partial charge in [0.25, 0.3) is 0 Å². The molecule has 0 radical (unpaired) electrons. The number of rotatable bonds is 3. The molecule has 0 amide bonds. The number of benzene rings is 2. The number of hydrogen-bond acceptors (Lipinski definition) is 4. The van der Waals surface area contributed by atoms with Crippen LogP contribution in [0.4, 0.5) is 4.39 Å². The maximum Gasteiger partial charge on any atom is 0.206 e. The van der Waals surface area contributed by atoms with Crippen LogP contribution in [0.25, 0.3) is 0 Å². The number of nitriles is 1. The Hall–Kier alpha value is -2.23. The lowest BCUT2D eigenvalue weighted by Crippen LogP contribution is -2.14. The molecular weight excluding hydrogens is 327 g/mol. The molecule has 0 unspecified atom stereocenters. The van der Waals surface area contributed by atoms with E-state index in [4.69, 9.17) is 0 Å². The number of likely N-dealkylation sites (tertiary alicyclic amines) is 1. The van der Waals surface area contributed by atoms with E-state index in [-0.39, 0.29) is 15.7 Å². The minimum atomic E-state index is -3.85. The second kappa shape index (κ2) is 6.34. The van der Waals surface area contributed by atoms with Crippen LogP contribution in [0, 0.1) is 17.1 Å². The number of nitrogens with zero attached hydrogens (tertiary/aromatic N) is 2. The van der Waals surface area contributed by atoms with Crippen molar-refractivity contribution < 1.29 is 12.8 Å². The molecule has 0 N–H and O–H groups in total. The van der Waals surface area contributed by atoms with Gasteiger partial charge in [0.2, 0.25) is 9.84 Å². The predicted molar refractivity (Wildman–Crippen MR) is 87.9 cm³/mol. The van der Waals surface area contributed by atoms with Gasteiger partial charge in [0.05, 0.1) is 21.4 Å². The molecule has 0 spiro atoms. The van der Waals surface area contributed by atoms with Gasteiger partial charge in [-0.15, -0.1) is 0 Å². The van der Waals surface area contributed by atoms with E-state index in [9.17, 15) is 18.1 Å². The smallest absolute Gasteiger partial charge is 0.206 e. The fourth-order valence-corrected chi connectivity index (χ4v) is 4.43. The van der Waals surface area contributed by atoms with Gasteiger partial charge < -0.3 is 4.90 Å². The highest BCUT2D eigenvalue weighted by Crippen LogP contribution is 2.31. The van der Waals surface area contributed by atoms with Gasteiger partial charge >= 0.3 is 0 Å². The molecule has 2 aromatic rings. The highest BCUT2D eigenvalue weighted by atomic mass is 32.2. The zero-order valence-corrected chi connectivity index (χ0v) is 14.1. The summed E-state index contributed by atoms with van der Waals surface area (Å²) >= 11 is 0. The summed E-state index contributed by atoms with van der Waals surface area (Å²) in [6.07, 6.45) is 0.946. The molecule has 4 nitrogen and oxygen atoms in total. The first-order valence-corrected chi connectivity index (χ1v) is 9.13. The fraction of sp³-hybridized carbons (Fsp3) is 0.278. The second-order valence-electron chi connectivity index (χ2n) is 6.07. The third-order valence-electron chi connectivity index (χ3n) is 4.39. The zero-order chi connectivity index (χ0) is 17.3. The normalized spacial score (nSPS) is 18.5. The van der Waals surface area contributed by atoms with Crippen molar-refractivity contribution in [3.63, 3.8) is 0 Å². The summed E-state index contributed by atoms with van der Waals surface area (Å²) < 4.78 is 38.7. The Balaban J connectivity index is 2.02. The molecule has 1 atom stereocenters. The number of likely N-dealkylation sites (N-methyl/N-ethyl adjacent to an activating group) is 1. The van der Waals surface area contributed by atoms with E-state index in [0.717, 1.165) is 31.1 Å². The first-order valence-electron chi connectivity index (χ1n) is 7.65. The molecule has 1 heterocycles. The van der Waals surface area contributed by atoms with E-state index in [0.29, 0.717) is 5.56 Å². The second-order valence-corrected chi connectivity index (χ2v) is 8.02. The number of hydrogen-bond donors (Lipinski definition) is 0. The molecule has 1 saturated heterocycles. The van der Waals surface area contributed by atoms with Gasteiger partial charge in [-0.05, 0) is 61.8 Å². The van der Waals surface area contributed by atoms with Gasteiger partial charge in [-0.2, -0.15) is 5.26 Å². The summed E-state index contributed by atoms with van der Waals surface area (Å²) in [5.74, 6) is -0.377. The molecular formula is C18H17FN2O2S. The van der Waals surface area contributed by atoms with Crippen LogP contribution in [0.3, 0.4) is 0 Å². The molecule has 0 aliphatic carbocycles. The van der Waals surface area contributed by atoms with Gasteiger partial charge in [-0.1, -0.05) is 12.1 Å². The maximum atomic E-state index is 13.3. The third kappa shape index (κ3) is 3.05. The van der Waals surface area contributed by atoms with Crippen LogP contribution in [0.1, 0.15) is 23.5 Å². The summed E-state index contributed by atoms with van der Waals surface area (Å²) in [6, 6.07) is 11.6. The van der Waals surface area contributed by atoms with Crippen molar-refractivity contribution in [1.29, 1.82) is 5.26 Å². The van der Waals surface area contributed by atoms with E-state index >= 15 is 0 Å². The third-order valence-corrected chi connectivity index (χ3v) is 6.14. The highest BCUT2D eigenvalue weighted by molar-refractivity contribution is 7.91. The molecule has 1 aliphatic rings. The lowest BCUT2D eigenvalue weighted by atomic mass is 9.94. The van der Waals surface area contributed by atoms with Crippen molar-refractivity contribution in [2.45, 2.75) is 22.1 Å². The van der Waals surface area contributed by atoms with Crippen molar-refractivity contribution in [3.05, 3.63) is 59.4 Å². The lowest BCUT2D eigenvalue weighted by molar-refractivity contribution is 0.411. The lowest BCUT2D eigenvalue weighted by Gasteiger charge is -2.14. The van der Waals surface area contributed by atoms with Crippen LogP contribution in [-0.4, -0.2) is 33.5 Å². The number of sulfone groups is 1. The minimum absolute atomic E-state index is 0.0137. The summed E-state index contributed by atoms with van der Waals surface area (Å²) in [6.45, 7) is 1.81. The molecule has 6 heteroatoms. The highest BCUT2D eigenvalue weighted by Gasteiger charge is 2.25. The van der Waals surface area contributed by atoms with E-state index in [2.05, 4.69) is 11.0 Å². The molecule has 124 valence electrons. The average molecular weight is 344 g/mol. The van der Waals surface area contributed by atoms with Gasteiger partial charge in [0, 0.05) is 6.54 Å². The SMILES string of the molecule is CN1CC[C@@H](c2ccc(S(=O)(=O)c3cccc(F)c3)cc2C#N)C1. The Bertz CT molecular complexity index is 919. The molecule has 1 aliphatic heterocycles. The molecule has 0 bridgehead atoms. The summed E-state index contributed by atoms with van der Waals surface area (Å²) in [4.78, 5) is 2.09. The van der Waals surface area contributed by atoms with Crippen molar-refractivity contribution in [2.75, 3.05) is 20.1 Å². The Morgan fingerprint density at radius 1 is 1.21 bits per heavy atom. The van der Waals surface area contributed by atoms with Gasteiger partial charge in [0.1, 0.15) is 5.82 Å². The van der Waals surface area contributed by atoms with Crippen LogP contribution in [0.2, 0.25) is 0 Å². The van der Waals surface area contributed by atoms with Crippen molar-refractivity contribution in [1.82, 2.24) is 4.90 Å². The van der Waals surface area contributed by atoms with E-state index < -0.39 is 15.7 Å². The molecule has 1 fully saturated rings. The molecule has 24 heavy (non-hydrogen) atoms. The van der Waals surface area contributed by atoms with E-state index in [1.807, 2.05) is 7.05 Å².